The number of aromatic nitrogens is 2. The van der Waals surface area contributed by atoms with Crippen molar-refractivity contribution in [3.63, 3.8) is 0 Å². The first-order valence-corrected chi connectivity index (χ1v) is 6.90. The highest BCUT2D eigenvalue weighted by Crippen LogP contribution is 2.24. The van der Waals surface area contributed by atoms with Crippen LogP contribution in [-0.4, -0.2) is 22.4 Å². The molecule has 0 unspecified atom stereocenters. The number of aryl methyl sites for hydroxylation is 1. The molecule has 0 fully saturated rings. The van der Waals surface area contributed by atoms with Crippen LogP contribution >= 0.6 is 0 Å². The maximum Gasteiger partial charge on any atom is 0.166 e. The predicted octanol–water partition coefficient (Wildman–Crippen LogP) is 3.06. The van der Waals surface area contributed by atoms with E-state index in [9.17, 15) is 4.79 Å². The van der Waals surface area contributed by atoms with Crippen molar-refractivity contribution < 1.29 is 9.53 Å². The van der Waals surface area contributed by atoms with Crippen LogP contribution in [0.5, 0.6) is 5.75 Å². The molecule has 0 amide bonds. The Hall–Kier alpha value is -2.23. The van der Waals surface area contributed by atoms with E-state index in [1.54, 1.807) is 6.20 Å². The first-order chi connectivity index (χ1) is 9.78. The summed E-state index contributed by atoms with van der Waals surface area (Å²) in [6.45, 7) is 2.58. The molecular weight excluding hydrogens is 252 g/mol. The second-order valence-electron chi connectivity index (χ2n) is 4.79. The highest BCUT2D eigenvalue weighted by molar-refractivity contribution is 5.97. The standard InChI is InChI=1S/C16H16N2O2/c1-2-20-12-6-3-5-11(9-12)16-17-10-13-14(18-16)7-4-8-15(13)19/h3,5-6,9-10H,2,4,7-8H2,1H3. The molecule has 1 heterocycles. The molecule has 0 spiro atoms. The average Bonchev–Trinajstić information content (AvgIpc) is 2.48. The largest absolute Gasteiger partial charge is 0.494 e. The maximum absolute atomic E-state index is 11.8. The van der Waals surface area contributed by atoms with Gasteiger partial charge in [0, 0.05) is 18.2 Å². The number of rotatable bonds is 3. The smallest absolute Gasteiger partial charge is 0.166 e. The average molecular weight is 268 g/mol. The normalized spacial score (nSPS) is 13.9. The van der Waals surface area contributed by atoms with Crippen molar-refractivity contribution in [1.29, 1.82) is 0 Å². The van der Waals surface area contributed by atoms with Crippen LogP contribution < -0.4 is 4.74 Å². The molecule has 2 aromatic rings. The molecule has 4 nitrogen and oxygen atoms in total. The molecule has 1 aliphatic rings. The minimum absolute atomic E-state index is 0.154. The van der Waals surface area contributed by atoms with Crippen LogP contribution in [0, 0.1) is 0 Å². The highest BCUT2D eigenvalue weighted by atomic mass is 16.5. The van der Waals surface area contributed by atoms with E-state index in [2.05, 4.69) is 9.97 Å². The Bertz CT molecular complexity index is 653. The molecule has 3 rings (SSSR count). The van der Waals surface area contributed by atoms with Gasteiger partial charge in [-0.3, -0.25) is 4.79 Å². The van der Waals surface area contributed by atoms with Gasteiger partial charge in [-0.1, -0.05) is 12.1 Å². The van der Waals surface area contributed by atoms with Crippen LogP contribution in [0.1, 0.15) is 35.8 Å². The van der Waals surface area contributed by atoms with E-state index < -0.39 is 0 Å². The van der Waals surface area contributed by atoms with E-state index in [0.717, 1.165) is 29.8 Å². The van der Waals surface area contributed by atoms with Gasteiger partial charge in [0.25, 0.3) is 0 Å². The molecule has 0 radical (unpaired) electrons. The number of carbonyl (C=O) groups is 1. The summed E-state index contributed by atoms with van der Waals surface area (Å²) >= 11 is 0. The van der Waals surface area contributed by atoms with Gasteiger partial charge in [-0.25, -0.2) is 9.97 Å². The Labute approximate surface area is 117 Å². The van der Waals surface area contributed by atoms with Crippen molar-refractivity contribution in [2.75, 3.05) is 6.61 Å². The molecule has 1 aliphatic carbocycles. The molecule has 0 N–H and O–H groups in total. The number of ether oxygens (including phenoxy) is 1. The van der Waals surface area contributed by atoms with Crippen LogP contribution in [0.2, 0.25) is 0 Å². The lowest BCUT2D eigenvalue weighted by Crippen LogP contribution is -2.13. The second-order valence-corrected chi connectivity index (χ2v) is 4.79. The molecule has 0 saturated carbocycles. The Balaban J connectivity index is 1.98. The van der Waals surface area contributed by atoms with Gasteiger partial charge in [0.2, 0.25) is 0 Å². The fourth-order valence-corrected chi connectivity index (χ4v) is 2.42. The molecule has 4 heteroatoms. The van der Waals surface area contributed by atoms with Gasteiger partial charge in [0.05, 0.1) is 17.9 Å². The molecule has 102 valence electrons. The van der Waals surface area contributed by atoms with Gasteiger partial charge >= 0.3 is 0 Å². The topological polar surface area (TPSA) is 52.1 Å². The number of Topliss-reactive ketones (excluding diaryl/α,β-unsaturated/α-hetero) is 1. The summed E-state index contributed by atoms with van der Waals surface area (Å²) < 4.78 is 5.49. The molecule has 1 aromatic heterocycles. The fourth-order valence-electron chi connectivity index (χ4n) is 2.42. The monoisotopic (exact) mass is 268 g/mol. The number of hydrogen-bond donors (Lipinski definition) is 0. The third-order valence-electron chi connectivity index (χ3n) is 3.39. The first kappa shape index (κ1) is 12.8. The van der Waals surface area contributed by atoms with Crippen molar-refractivity contribution in [2.45, 2.75) is 26.2 Å². The van der Waals surface area contributed by atoms with Gasteiger partial charge in [-0.05, 0) is 31.9 Å². The van der Waals surface area contributed by atoms with Gasteiger partial charge < -0.3 is 4.74 Å². The summed E-state index contributed by atoms with van der Waals surface area (Å²) in [4.78, 5) is 20.6. The number of ketones is 1. The number of fused-ring (bicyclic) bond motifs is 1. The third kappa shape index (κ3) is 2.41. The van der Waals surface area contributed by atoms with Crippen molar-refractivity contribution in [3.8, 4) is 17.1 Å². The zero-order chi connectivity index (χ0) is 13.9. The van der Waals surface area contributed by atoms with Crippen molar-refractivity contribution in [3.05, 3.63) is 41.7 Å². The van der Waals surface area contributed by atoms with Crippen LogP contribution in [0.4, 0.5) is 0 Å². The summed E-state index contributed by atoms with van der Waals surface area (Å²) in [6, 6.07) is 7.72. The predicted molar refractivity (Wildman–Crippen MR) is 75.9 cm³/mol. The third-order valence-corrected chi connectivity index (χ3v) is 3.39. The quantitative estimate of drug-likeness (QED) is 0.858. The van der Waals surface area contributed by atoms with Crippen LogP contribution in [-0.2, 0) is 6.42 Å². The zero-order valence-corrected chi connectivity index (χ0v) is 11.4. The van der Waals surface area contributed by atoms with E-state index in [1.165, 1.54) is 0 Å². The lowest BCUT2D eigenvalue weighted by atomic mass is 9.96. The van der Waals surface area contributed by atoms with E-state index in [-0.39, 0.29) is 5.78 Å². The van der Waals surface area contributed by atoms with Gasteiger partial charge in [0.15, 0.2) is 11.6 Å². The van der Waals surface area contributed by atoms with Gasteiger partial charge in [0.1, 0.15) is 5.75 Å². The SMILES string of the molecule is CCOc1cccc(-c2ncc3c(n2)CCCC3=O)c1. The van der Waals surface area contributed by atoms with Crippen molar-refractivity contribution >= 4 is 5.78 Å². The molecule has 0 saturated heterocycles. The molecule has 0 atom stereocenters. The summed E-state index contributed by atoms with van der Waals surface area (Å²) in [5.41, 5.74) is 2.46. The van der Waals surface area contributed by atoms with E-state index >= 15 is 0 Å². The summed E-state index contributed by atoms with van der Waals surface area (Å²) in [5, 5.41) is 0. The number of carbonyl (C=O) groups excluding carboxylic acids is 1. The summed E-state index contributed by atoms with van der Waals surface area (Å²) in [5.74, 6) is 1.61. The highest BCUT2D eigenvalue weighted by Gasteiger charge is 2.19. The Kier molecular flexibility index (Phi) is 3.46. The Morgan fingerprint density at radius 3 is 3.05 bits per heavy atom. The Morgan fingerprint density at radius 1 is 1.30 bits per heavy atom. The van der Waals surface area contributed by atoms with E-state index in [1.807, 2.05) is 31.2 Å². The molecule has 20 heavy (non-hydrogen) atoms. The number of hydrogen-bond acceptors (Lipinski definition) is 4. The lowest BCUT2D eigenvalue weighted by molar-refractivity contribution is 0.0971. The van der Waals surface area contributed by atoms with Gasteiger partial charge in [-0.15, -0.1) is 0 Å². The lowest BCUT2D eigenvalue weighted by Gasteiger charge is -2.14. The Morgan fingerprint density at radius 2 is 2.20 bits per heavy atom. The zero-order valence-electron chi connectivity index (χ0n) is 11.4. The van der Waals surface area contributed by atoms with Gasteiger partial charge in [-0.2, -0.15) is 0 Å². The minimum atomic E-state index is 0.154. The summed E-state index contributed by atoms with van der Waals surface area (Å²) in [7, 11) is 0. The molecular formula is C16H16N2O2. The van der Waals surface area contributed by atoms with Crippen LogP contribution in [0.15, 0.2) is 30.5 Å². The molecule has 1 aromatic carbocycles. The van der Waals surface area contributed by atoms with Crippen LogP contribution in [0.25, 0.3) is 11.4 Å². The maximum atomic E-state index is 11.8. The number of nitrogens with zero attached hydrogens (tertiary/aromatic N) is 2. The van der Waals surface area contributed by atoms with Crippen molar-refractivity contribution in [2.24, 2.45) is 0 Å². The number of benzene rings is 1. The van der Waals surface area contributed by atoms with Crippen LogP contribution in [0.3, 0.4) is 0 Å². The van der Waals surface area contributed by atoms with Crippen molar-refractivity contribution in [1.82, 2.24) is 9.97 Å². The van der Waals surface area contributed by atoms with E-state index in [4.69, 9.17) is 4.74 Å². The second kappa shape index (κ2) is 5.41. The molecule has 0 bridgehead atoms. The van der Waals surface area contributed by atoms with E-state index in [0.29, 0.717) is 24.4 Å². The summed E-state index contributed by atoms with van der Waals surface area (Å²) in [6.07, 6.45) is 3.99. The first-order valence-electron chi connectivity index (χ1n) is 6.90. The minimum Gasteiger partial charge on any atom is -0.494 e. The molecule has 0 aliphatic heterocycles. The fraction of sp³-hybridized carbons (Fsp3) is 0.312.